The van der Waals surface area contributed by atoms with Crippen molar-refractivity contribution in [2.75, 3.05) is 0 Å². The van der Waals surface area contributed by atoms with Gasteiger partial charge in [0.2, 0.25) is 5.66 Å². The quantitative estimate of drug-likeness (QED) is 0.622. The van der Waals surface area contributed by atoms with Crippen LogP contribution in [0, 0.1) is 0 Å². The smallest absolute Gasteiger partial charge is 0.389 e. The van der Waals surface area contributed by atoms with Crippen molar-refractivity contribution in [1.82, 2.24) is 0 Å². The molecule has 0 aliphatic rings. The van der Waals surface area contributed by atoms with Crippen molar-refractivity contribution in [1.29, 1.82) is 0 Å². The average molecular weight is 379 g/mol. The third kappa shape index (κ3) is 4.10. The van der Waals surface area contributed by atoms with Crippen LogP contribution in [0.2, 0.25) is 0 Å². The summed E-state index contributed by atoms with van der Waals surface area (Å²) in [6.07, 6.45) is 0. The van der Waals surface area contributed by atoms with E-state index >= 15 is 0 Å². The van der Waals surface area contributed by atoms with E-state index in [1.165, 1.54) is 24.3 Å². The van der Waals surface area contributed by atoms with E-state index in [4.69, 9.17) is 10.2 Å². The molecule has 0 radical (unpaired) electrons. The summed E-state index contributed by atoms with van der Waals surface area (Å²) in [5, 5.41) is 18.8. The van der Waals surface area contributed by atoms with Gasteiger partial charge in [-0.2, -0.15) is 0 Å². The number of carboxylic acid groups (broad SMARTS) is 2. The molecule has 3 aromatic rings. The zero-order chi connectivity index (χ0) is 19.4. The van der Waals surface area contributed by atoms with Gasteiger partial charge in [0.15, 0.2) is 5.30 Å². The summed E-state index contributed by atoms with van der Waals surface area (Å²) in [6.45, 7) is 0. The molecule has 27 heavy (non-hydrogen) atoms. The van der Waals surface area contributed by atoms with Gasteiger partial charge in [0.05, 0.1) is 11.1 Å². The predicted octanol–water partition coefficient (Wildman–Crippen LogP) is 4.33. The van der Waals surface area contributed by atoms with E-state index in [1.54, 1.807) is 48.5 Å². The first kappa shape index (κ1) is 18.5. The predicted molar refractivity (Wildman–Crippen MR) is 102 cm³/mol. The first-order valence-corrected chi connectivity index (χ1v) is 9.48. The van der Waals surface area contributed by atoms with Crippen LogP contribution in [-0.4, -0.2) is 22.2 Å². The van der Waals surface area contributed by atoms with Gasteiger partial charge in [-0.25, -0.2) is 9.59 Å². The van der Waals surface area contributed by atoms with Crippen LogP contribution in [0.1, 0.15) is 37.5 Å². The fourth-order valence-corrected chi connectivity index (χ4v) is 4.45. The maximum absolute atomic E-state index is 13.3. The van der Waals surface area contributed by atoms with E-state index in [9.17, 15) is 14.2 Å². The van der Waals surface area contributed by atoms with Crippen molar-refractivity contribution < 1.29 is 24.4 Å². The molecular weight excluding hydrogens is 363 g/mol. The lowest BCUT2D eigenvalue weighted by Crippen LogP contribution is -2.06. The van der Waals surface area contributed by atoms with Crippen LogP contribution in [0.5, 0.6) is 0 Å². The first-order valence-electron chi connectivity index (χ1n) is 8.15. The highest BCUT2D eigenvalue weighted by molar-refractivity contribution is 7.54. The zero-order valence-electron chi connectivity index (χ0n) is 14.1. The number of carbonyl (C=O) groups is 2. The number of rotatable bonds is 6. The highest BCUT2D eigenvalue weighted by Gasteiger charge is 2.36. The minimum atomic E-state index is -1.89. The van der Waals surface area contributed by atoms with Crippen molar-refractivity contribution in [2.45, 2.75) is 5.66 Å². The third-order valence-corrected chi connectivity index (χ3v) is 6.06. The molecule has 3 rings (SSSR count). The van der Waals surface area contributed by atoms with E-state index in [2.05, 4.69) is 0 Å². The van der Waals surface area contributed by atoms with Gasteiger partial charge in [0, 0.05) is 11.1 Å². The second-order valence-electron chi connectivity index (χ2n) is 5.92. The molecule has 3 aromatic carbocycles. The second-order valence-corrected chi connectivity index (χ2v) is 7.60. The van der Waals surface area contributed by atoms with Gasteiger partial charge in [0.25, 0.3) is 0 Å². The Kier molecular flexibility index (Phi) is 5.43. The molecule has 5 nitrogen and oxygen atoms in total. The molecule has 0 aromatic heterocycles. The average Bonchev–Trinajstić information content (AvgIpc) is 2.69. The van der Waals surface area contributed by atoms with Gasteiger partial charge < -0.3 is 10.2 Å². The fraction of sp³-hybridized carbons (Fsp3) is 0.0476. The molecule has 1 unspecified atom stereocenters. The van der Waals surface area contributed by atoms with Gasteiger partial charge in [-0.05, 0) is 36.4 Å². The van der Waals surface area contributed by atoms with E-state index in [0.29, 0.717) is 16.4 Å². The highest BCUT2D eigenvalue weighted by atomic mass is 31.1. The summed E-state index contributed by atoms with van der Waals surface area (Å²) in [4.78, 5) is 22.2. The van der Waals surface area contributed by atoms with Crippen LogP contribution in [0.25, 0.3) is 0 Å². The van der Waals surface area contributed by atoms with Crippen molar-refractivity contribution in [3.8, 4) is 0 Å². The van der Waals surface area contributed by atoms with E-state index in [-0.39, 0.29) is 11.1 Å². The molecule has 0 aliphatic heterocycles. The Morgan fingerprint density at radius 2 is 1.07 bits per heavy atom. The SMILES string of the molecule is O=C(O)c1ccc(C(c2ccc(C(=O)O)cc2)[P+](=O)c2ccccc2)cc1. The summed E-state index contributed by atoms with van der Waals surface area (Å²) < 4.78 is 13.3. The van der Waals surface area contributed by atoms with Gasteiger partial charge in [0.1, 0.15) is 0 Å². The van der Waals surface area contributed by atoms with Gasteiger partial charge in [-0.1, -0.05) is 47.0 Å². The van der Waals surface area contributed by atoms with Gasteiger partial charge in [-0.15, -0.1) is 0 Å². The second kappa shape index (κ2) is 7.94. The van der Waals surface area contributed by atoms with Gasteiger partial charge in [-0.3, -0.25) is 0 Å². The Labute approximate surface area is 156 Å². The topological polar surface area (TPSA) is 91.7 Å². The number of carboxylic acids is 2. The maximum atomic E-state index is 13.3. The number of aromatic carboxylic acids is 2. The van der Waals surface area contributed by atoms with Crippen LogP contribution >= 0.6 is 7.80 Å². The Morgan fingerprint density at radius 1 is 0.667 bits per heavy atom. The highest BCUT2D eigenvalue weighted by Crippen LogP contribution is 2.45. The molecule has 0 amide bonds. The Balaban J connectivity index is 2.07. The first-order chi connectivity index (χ1) is 13.0. The lowest BCUT2D eigenvalue weighted by Gasteiger charge is -2.10. The molecule has 6 heteroatoms. The monoisotopic (exact) mass is 379 g/mol. The van der Waals surface area contributed by atoms with Gasteiger partial charge >= 0.3 is 19.7 Å². The number of hydrogen-bond donors (Lipinski definition) is 2. The molecule has 0 fully saturated rings. The molecule has 134 valence electrons. The van der Waals surface area contributed by atoms with Crippen molar-refractivity contribution in [2.24, 2.45) is 0 Å². The lowest BCUT2D eigenvalue weighted by atomic mass is 10.0. The minimum absolute atomic E-state index is 0.147. The van der Waals surface area contributed by atoms with Crippen molar-refractivity contribution in [3.63, 3.8) is 0 Å². The van der Waals surface area contributed by atoms with E-state index < -0.39 is 25.4 Å². The lowest BCUT2D eigenvalue weighted by molar-refractivity contribution is 0.0686. The van der Waals surface area contributed by atoms with Crippen molar-refractivity contribution >= 4 is 25.0 Å². The Morgan fingerprint density at radius 3 is 1.44 bits per heavy atom. The Bertz CT molecular complexity index is 922. The number of hydrogen-bond acceptors (Lipinski definition) is 3. The molecule has 0 heterocycles. The molecule has 1 atom stereocenters. The minimum Gasteiger partial charge on any atom is -0.478 e. The third-order valence-electron chi connectivity index (χ3n) is 4.19. The molecule has 0 saturated carbocycles. The van der Waals surface area contributed by atoms with Crippen LogP contribution in [0.15, 0.2) is 78.9 Å². The summed E-state index contributed by atoms with van der Waals surface area (Å²) in [7, 11) is -1.89. The zero-order valence-corrected chi connectivity index (χ0v) is 15.0. The largest absolute Gasteiger partial charge is 0.478 e. The van der Waals surface area contributed by atoms with Crippen molar-refractivity contribution in [3.05, 3.63) is 101 Å². The Hall–Kier alpha value is -3.30. The standard InChI is InChI=1S/C21H15O5P/c22-20(23)16-10-6-14(7-11-16)19(27(26)18-4-2-1-3-5-18)15-8-12-17(13-9-15)21(24)25/h1-13,19H,(H-,22,23,24,25)/p+1. The molecule has 0 aliphatic carbocycles. The van der Waals surface area contributed by atoms with Crippen LogP contribution in [0.3, 0.4) is 0 Å². The molecule has 0 bridgehead atoms. The summed E-state index contributed by atoms with van der Waals surface area (Å²) in [6, 6.07) is 21.5. The normalized spacial score (nSPS) is 11.2. The molecule has 0 saturated heterocycles. The summed E-state index contributed by atoms with van der Waals surface area (Å²) in [5.74, 6) is -2.06. The van der Waals surface area contributed by atoms with Crippen LogP contribution in [-0.2, 0) is 4.57 Å². The fourth-order valence-electron chi connectivity index (χ4n) is 2.80. The van der Waals surface area contributed by atoms with E-state index in [0.717, 1.165) is 0 Å². The maximum Gasteiger partial charge on any atom is 0.389 e. The summed E-state index contributed by atoms with van der Waals surface area (Å²) >= 11 is 0. The molecule has 0 spiro atoms. The summed E-state index contributed by atoms with van der Waals surface area (Å²) in [5.41, 5.74) is 1.18. The van der Waals surface area contributed by atoms with Crippen LogP contribution < -0.4 is 5.30 Å². The molecule has 2 N–H and O–H groups in total. The van der Waals surface area contributed by atoms with E-state index in [1.807, 2.05) is 6.07 Å². The molecular formula is C21H16O5P+. The van der Waals surface area contributed by atoms with Crippen LogP contribution in [0.4, 0.5) is 0 Å². The number of benzene rings is 3.